The first-order valence-corrected chi connectivity index (χ1v) is 11.2. The molecule has 8 heteroatoms. The molecule has 1 atom stereocenters. The summed E-state index contributed by atoms with van der Waals surface area (Å²) in [6.45, 7) is 1.78. The molecule has 2 aromatic carbocycles. The van der Waals surface area contributed by atoms with Gasteiger partial charge in [-0.2, -0.15) is 4.31 Å². The van der Waals surface area contributed by atoms with Crippen LogP contribution in [-0.4, -0.2) is 54.3 Å². The maximum atomic E-state index is 13.2. The number of benzene rings is 2. The molecule has 1 heterocycles. The molecule has 3 rings (SSSR count). The predicted octanol–water partition coefficient (Wildman–Crippen LogP) is 1.37. The van der Waals surface area contributed by atoms with Gasteiger partial charge in [-0.15, -0.1) is 0 Å². The zero-order valence-corrected chi connectivity index (χ0v) is 17.4. The Kier molecular flexibility index (Phi) is 6.04. The monoisotopic (exact) mass is 415 g/mol. The molecule has 0 bridgehead atoms. The van der Waals surface area contributed by atoms with Crippen molar-refractivity contribution in [1.82, 2.24) is 14.5 Å². The minimum atomic E-state index is -3.62. The van der Waals surface area contributed by atoms with E-state index in [1.54, 1.807) is 6.92 Å². The number of nitrogens with zero attached hydrogens (tertiary/aromatic N) is 2. The van der Waals surface area contributed by atoms with Crippen molar-refractivity contribution >= 4 is 21.8 Å². The molecular weight excluding hydrogens is 390 g/mol. The molecule has 0 aliphatic carbocycles. The molecule has 29 heavy (non-hydrogen) atoms. The molecule has 0 spiro atoms. The second-order valence-corrected chi connectivity index (χ2v) is 9.42. The van der Waals surface area contributed by atoms with Crippen LogP contribution in [0.3, 0.4) is 0 Å². The second-order valence-electron chi connectivity index (χ2n) is 7.44. The number of piperazine rings is 1. The lowest BCUT2D eigenvalue weighted by Gasteiger charge is -2.46. The van der Waals surface area contributed by atoms with Gasteiger partial charge in [0.25, 0.3) is 0 Å². The second kappa shape index (κ2) is 8.34. The molecule has 0 unspecified atom stereocenters. The average Bonchev–Trinajstić information content (AvgIpc) is 2.69. The summed E-state index contributed by atoms with van der Waals surface area (Å²) < 4.78 is 25.3. The summed E-state index contributed by atoms with van der Waals surface area (Å²) >= 11 is 0. The number of hydrogen-bond donors (Lipinski definition) is 1. The van der Waals surface area contributed by atoms with Crippen LogP contribution < -0.4 is 5.32 Å². The van der Waals surface area contributed by atoms with Gasteiger partial charge in [-0.05, 0) is 18.1 Å². The van der Waals surface area contributed by atoms with Crippen molar-refractivity contribution in [3.63, 3.8) is 0 Å². The van der Waals surface area contributed by atoms with Crippen LogP contribution in [0.1, 0.15) is 18.1 Å². The van der Waals surface area contributed by atoms with Gasteiger partial charge in [0, 0.05) is 19.6 Å². The smallest absolute Gasteiger partial charge is 0.247 e. The minimum Gasteiger partial charge on any atom is -0.350 e. The normalized spacial score (nSPS) is 20.5. The summed E-state index contributed by atoms with van der Waals surface area (Å²) in [6, 6.07) is 18.8. The highest BCUT2D eigenvalue weighted by molar-refractivity contribution is 7.88. The number of hydrogen-bond acceptors (Lipinski definition) is 4. The van der Waals surface area contributed by atoms with Crippen LogP contribution in [0.25, 0.3) is 0 Å². The molecule has 0 radical (unpaired) electrons. The van der Waals surface area contributed by atoms with E-state index in [4.69, 9.17) is 0 Å². The fourth-order valence-electron chi connectivity index (χ4n) is 3.42. The maximum absolute atomic E-state index is 13.2. The van der Waals surface area contributed by atoms with Gasteiger partial charge >= 0.3 is 0 Å². The highest BCUT2D eigenvalue weighted by Crippen LogP contribution is 2.27. The van der Waals surface area contributed by atoms with Gasteiger partial charge in [0.15, 0.2) is 0 Å². The van der Waals surface area contributed by atoms with E-state index in [-0.39, 0.29) is 25.5 Å². The molecule has 1 aliphatic heterocycles. The van der Waals surface area contributed by atoms with E-state index in [1.807, 2.05) is 60.7 Å². The summed E-state index contributed by atoms with van der Waals surface area (Å²) in [5.41, 5.74) is 0.458. The fourth-order valence-corrected chi connectivity index (χ4v) is 4.25. The van der Waals surface area contributed by atoms with Crippen LogP contribution in [0, 0.1) is 0 Å². The van der Waals surface area contributed by atoms with E-state index in [1.165, 1.54) is 4.90 Å². The lowest BCUT2D eigenvalue weighted by molar-refractivity contribution is -0.153. The number of carbonyl (C=O) groups excluding carboxylic acids is 2. The summed E-state index contributed by atoms with van der Waals surface area (Å²) in [6.07, 6.45) is 1.05. The highest BCUT2D eigenvalue weighted by Gasteiger charge is 2.49. The lowest BCUT2D eigenvalue weighted by atomic mass is 9.94. The van der Waals surface area contributed by atoms with E-state index in [9.17, 15) is 18.0 Å². The lowest BCUT2D eigenvalue weighted by Crippen LogP contribution is -2.69. The third-order valence-corrected chi connectivity index (χ3v) is 6.33. The van der Waals surface area contributed by atoms with E-state index in [0.717, 1.165) is 21.7 Å². The van der Waals surface area contributed by atoms with Crippen LogP contribution >= 0.6 is 0 Å². The van der Waals surface area contributed by atoms with Crippen molar-refractivity contribution in [2.75, 3.05) is 19.3 Å². The van der Waals surface area contributed by atoms with E-state index in [2.05, 4.69) is 5.32 Å². The van der Waals surface area contributed by atoms with E-state index >= 15 is 0 Å². The Labute approximate surface area is 171 Å². The molecule has 1 fully saturated rings. The van der Waals surface area contributed by atoms with E-state index < -0.39 is 21.5 Å². The number of amides is 2. The Hall–Kier alpha value is -2.71. The van der Waals surface area contributed by atoms with Crippen LogP contribution in [-0.2, 0) is 32.7 Å². The number of nitrogens with one attached hydrogen (secondary N) is 1. The predicted molar refractivity (Wildman–Crippen MR) is 110 cm³/mol. The van der Waals surface area contributed by atoms with E-state index in [0.29, 0.717) is 6.54 Å². The molecule has 7 nitrogen and oxygen atoms in total. The van der Waals surface area contributed by atoms with Crippen molar-refractivity contribution < 1.29 is 18.0 Å². The van der Waals surface area contributed by atoms with Crippen LogP contribution in [0.4, 0.5) is 0 Å². The topological polar surface area (TPSA) is 86.8 Å². The Morgan fingerprint density at radius 1 is 1.03 bits per heavy atom. The van der Waals surface area contributed by atoms with Gasteiger partial charge in [0.1, 0.15) is 5.54 Å². The summed E-state index contributed by atoms with van der Waals surface area (Å²) in [4.78, 5) is 27.6. The first-order valence-electron chi connectivity index (χ1n) is 9.32. The van der Waals surface area contributed by atoms with Gasteiger partial charge in [0.05, 0.1) is 12.8 Å². The van der Waals surface area contributed by atoms with Gasteiger partial charge < -0.3 is 10.2 Å². The number of rotatable bonds is 6. The zero-order valence-electron chi connectivity index (χ0n) is 16.5. The SMILES string of the molecule is C[C@@]1(C(=O)NCc2ccccc2)CN(S(C)(=O)=O)CC(=O)N1Cc1ccccc1. The third-order valence-electron chi connectivity index (χ3n) is 5.13. The Balaban J connectivity index is 1.88. The number of carbonyl (C=O) groups is 2. The van der Waals surface area contributed by atoms with Crippen LogP contribution in [0.15, 0.2) is 60.7 Å². The van der Waals surface area contributed by atoms with Gasteiger partial charge in [-0.1, -0.05) is 60.7 Å². The van der Waals surface area contributed by atoms with Crippen molar-refractivity contribution in [1.29, 1.82) is 0 Å². The summed E-state index contributed by atoms with van der Waals surface area (Å²) in [7, 11) is -3.62. The van der Waals surface area contributed by atoms with Gasteiger partial charge in [-0.3, -0.25) is 9.59 Å². The molecule has 2 aromatic rings. The standard InChI is InChI=1S/C21H25N3O4S/c1-21(20(26)22-13-17-9-5-3-6-10-17)16-23(29(2,27)28)15-19(25)24(21)14-18-11-7-4-8-12-18/h3-12H,13-16H2,1-2H3,(H,22,26)/t21-/m0/s1. The molecule has 2 amide bonds. The minimum absolute atomic E-state index is 0.0922. The molecular formula is C21H25N3O4S. The average molecular weight is 416 g/mol. The van der Waals surface area contributed by atoms with Crippen molar-refractivity contribution in [3.8, 4) is 0 Å². The van der Waals surface area contributed by atoms with Gasteiger partial charge in [0.2, 0.25) is 21.8 Å². The quantitative estimate of drug-likeness (QED) is 0.772. The van der Waals surface area contributed by atoms with Gasteiger partial charge in [-0.25, -0.2) is 8.42 Å². The largest absolute Gasteiger partial charge is 0.350 e. The fraction of sp³-hybridized carbons (Fsp3) is 0.333. The third kappa shape index (κ3) is 4.83. The van der Waals surface area contributed by atoms with Crippen LogP contribution in [0.5, 0.6) is 0 Å². The molecule has 0 saturated carbocycles. The zero-order chi connectivity index (χ0) is 21.1. The molecule has 154 valence electrons. The molecule has 1 aliphatic rings. The Morgan fingerprint density at radius 3 is 2.14 bits per heavy atom. The summed E-state index contributed by atoms with van der Waals surface area (Å²) in [5.74, 6) is -0.790. The van der Waals surface area contributed by atoms with Crippen molar-refractivity contribution in [3.05, 3.63) is 71.8 Å². The highest BCUT2D eigenvalue weighted by atomic mass is 32.2. The number of sulfonamides is 1. The van der Waals surface area contributed by atoms with Crippen molar-refractivity contribution in [2.45, 2.75) is 25.6 Å². The maximum Gasteiger partial charge on any atom is 0.247 e. The Morgan fingerprint density at radius 2 is 1.59 bits per heavy atom. The van der Waals surface area contributed by atoms with Crippen LogP contribution in [0.2, 0.25) is 0 Å². The first-order chi connectivity index (χ1) is 13.7. The molecule has 1 N–H and O–H groups in total. The first kappa shape index (κ1) is 21.0. The summed E-state index contributed by atoms with van der Waals surface area (Å²) in [5, 5.41) is 2.86. The molecule has 1 saturated heterocycles. The molecule has 0 aromatic heterocycles. The Bertz CT molecular complexity index is 980. The van der Waals surface area contributed by atoms with Crippen molar-refractivity contribution in [2.24, 2.45) is 0 Å².